The van der Waals surface area contributed by atoms with E-state index in [-0.39, 0.29) is 5.91 Å². The lowest BCUT2D eigenvalue weighted by Gasteiger charge is -2.31. The summed E-state index contributed by atoms with van der Waals surface area (Å²) < 4.78 is 11.4. The van der Waals surface area contributed by atoms with Crippen LogP contribution < -0.4 is 4.74 Å². The molecule has 4 heteroatoms. The number of rotatable bonds is 5. The van der Waals surface area contributed by atoms with E-state index in [0.29, 0.717) is 5.92 Å². The first-order chi connectivity index (χ1) is 15.0. The van der Waals surface area contributed by atoms with Crippen molar-refractivity contribution in [3.63, 3.8) is 0 Å². The molecule has 3 aromatic rings. The maximum absolute atomic E-state index is 13.0. The third kappa shape index (κ3) is 4.53. The van der Waals surface area contributed by atoms with E-state index in [1.165, 1.54) is 5.56 Å². The van der Waals surface area contributed by atoms with E-state index in [1.54, 1.807) is 13.2 Å². The molecule has 0 N–H and O–H groups in total. The Bertz CT molecular complexity index is 1100. The van der Waals surface area contributed by atoms with Gasteiger partial charge in [0.15, 0.2) is 0 Å². The first kappa shape index (κ1) is 21.2. The van der Waals surface area contributed by atoms with Crippen LogP contribution in [0.1, 0.15) is 42.2 Å². The number of nitrogens with zero attached hydrogens (tertiary/aromatic N) is 1. The van der Waals surface area contributed by atoms with Gasteiger partial charge in [0.05, 0.1) is 7.11 Å². The highest BCUT2D eigenvalue weighted by Crippen LogP contribution is 2.35. The molecule has 0 radical (unpaired) electrons. The third-order valence-corrected chi connectivity index (χ3v) is 6.56. The van der Waals surface area contributed by atoms with Gasteiger partial charge in [0.25, 0.3) is 0 Å². The normalized spacial score (nSPS) is 15.5. The predicted molar refractivity (Wildman–Crippen MR) is 125 cm³/mol. The molecule has 0 saturated carbocycles. The Morgan fingerprint density at radius 2 is 1.87 bits per heavy atom. The van der Waals surface area contributed by atoms with Gasteiger partial charge in [-0.2, -0.15) is 0 Å². The lowest BCUT2D eigenvalue weighted by molar-refractivity contribution is -0.127. The molecule has 1 amide bonds. The summed E-state index contributed by atoms with van der Waals surface area (Å²) in [5, 5.41) is 1.07. The topological polar surface area (TPSA) is 42.7 Å². The number of likely N-dealkylation sites (tertiary alicyclic amines) is 1. The van der Waals surface area contributed by atoms with Crippen LogP contribution in [0.25, 0.3) is 16.5 Å². The molecule has 0 aliphatic carbocycles. The van der Waals surface area contributed by atoms with Crippen LogP contribution in [-0.4, -0.2) is 31.0 Å². The number of carbonyl (C=O) groups is 1. The van der Waals surface area contributed by atoms with Crippen LogP contribution in [0, 0.1) is 19.8 Å². The molecule has 0 unspecified atom stereocenters. The van der Waals surface area contributed by atoms with Crippen LogP contribution >= 0.6 is 0 Å². The van der Waals surface area contributed by atoms with Crippen LogP contribution in [0.4, 0.5) is 0 Å². The summed E-state index contributed by atoms with van der Waals surface area (Å²) in [7, 11) is 1.65. The third-order valence-electron chi connectivity index (χ3n) is 6.56. The van der Waals surface area contributed by atoms with Crippen molar-refractivity contribution in [1.29, 1.82) is 0 Å². The number of aryl methyl sites for hydroxylation is 2. The summed E-state index contributed by atoms with van der Waals surface area (Å²) in [5.41, 5.74) is 5.17. The van der Waals surface area contributed by atoms with Crippen LogP contribution in [0.15, 0.2) is 53.0 Å². The molecule has 2 heterocycles. The lowest BCUT2D eigenvalue weighted by Crippen LogP contribution is -2.38. The number of methoxy groups -OCH3 is 1. The molecule has 1 fully saturated rings. The molecule has 1 saturated heterocycles. The van der Waals surface area contributed by atoms with Crippen molar-refractivity contribution in [1.82, 2.24) is 4.90 Å². The number of benzene rings is 2. The van der Waals surface area contributed by atoms with Gasteiger partial charge >= 0.3 is 0 Å². The average molecular weight is 418 g/mol. The minimum atomic E-state index is 0.0814. The van der Waals surface area contributed by atoms with Crippen molar-refractivity contribution in [2.45, 2.75) is 40.0 Å². The van der Waals surface area contributed by atoms with Gasteiger partial charge in [0, 0.05) is 36.2 Å². The first-order valence-corrected chi connectivity index (χ1v) is 11.1. The van der Waals surface area contributed by atoms with E-state index in [0.717, 1.165) is 71.5 Å². The van der Waals surface area contributed by atoms with Gasteiger partial charge in [-0.05, 0) is 68.7 Å². The summed E-state index contributed by atoms with van der Waals surface area (Å²) in [4.78, 5) is 14.9. The minimum Gasteiger partial charge on any atom is -0.496 e. The van der Waals surface area contributed by atoms with Crippen molar-refractivity contribution in [3.8, 4) is 5.75 Å². The van der Waals surface area contributed by atoms with Crippen molar-refractivity contribution >= 4 is 22.4 Å². The fourth-order valence-corrected chi connectivity index (χ4v) is 4.51. The molecule has 4 rings (SSSR count). The van der Waals surface area contributed by atoms with Gasteiger partial charge in [0.1, 0.15) is 17.1 Å². The van der Waals surface area contributed by atoms with Crippen molar-refractivity contribution < 1.29 is 13.9 Å². The smallest absolute Gasteiger partial charge is 0.246 e. The fourth-order valence-electron chi connectivity index (χ4n) is 4.51. The van der Waals surface area contributed by atoms with Crippen LogP contribution in [0.5, 0.6) is 5.75 Å². The molecule has 1 aliphatic heterocycles. The molecule has 0 bridgehead atoms. The second-order valence-electron chi connectivity index (χ2n) is 8.62. The van der Waals surface area contributed by atoms with E-state index in [2.05, 4.69) is 43.3 Å². The monoisotopic (exact) mass is 417 g/mol. The number of allylic oxidation sites excluding steroid dienone is 1. The Labute approximate surface area is 184 Å². The molecule has 4 nitrogen and oxygen atoms in total. The number of piperidine rings is 1. The second kappa shape index (κ2) is 9.01. The number of hydrogen-bond acceptors (Lipinski definition) is 3. The van der Waals surface area contributed by atoms with Gasteiger partial charge < -0.3 is 14.1 Å². The van der Waals surface area contributed by atoms with Gasteiger partial charge in [-0.15, -0.1) is 0 Å². The van der Waals surface area contributed by atoms with Gasteiger partial charge in [-0.3, -0.25) is 4.79 Å². The zero-order valence-electron chi connectivity index (χ0n) is 18.9. The molecule has 1 aliphatic rings. The first-order valence-electron chi connectivity index (χ1n) is 11.1. The van der Waals surface area contributed by atoms with Crippen molar-refractivity contribution in [2.75, 3.05) is 20.2 Å². The maximum Gasteiger partial charge on any atom is 0.246 e. The summed E-state index contributed by atoms with van der Waals surface area (Å²) in [6, 6.07) is 14.6. The zero-order valence-corrected chi connectivity index (χ0v) is 18.9. The SMILES string of the molecule is COc1cc2oc(C)c(C)c2cc1/C(C)=C/C(=O)N1CCC(Cc2ccccc2)CC1. The Morgan fingerprint density at radius 3 is 2.55 bits per heavy atom. The Balaban J connectivity index is 1.46. The molecule has 162 valence electrons. The Hall–Kier alpha value is -3.01. The Kier molecular flexibility index (Phi) is 6.17. The molecule has 2 aromatic carbocycles. The molecular weight excluding hydrogens is 386 g/mol. The molecule has 0 spiro atoms. The molecular formula is C27H31NO3. The fraction of sp³-hybridized carbons (Fsp3) is 0.370. The number of hydrogen-bond donors (Lipinski definition) is 0. The summed E-state index contributed by atoms with van der Waals surface area (Å²) in [6.45, 7) is 7.63. The summed E-state index contributed by atoms with van der Waals surface area (Å²) in [6.07, 6.45) is 4.95. The average Bonchev–Trinajstić information content (AvgIpc) is 3.06. The quantitative estimate of drug-likeness (QED) is 0.482. The number of amides is 1. The van der Waals surface area contributed by atoms with Gasteiger partial charge in [-0.25, -0.2) is 0 Å². The van der Waals surface area contributed by atoms with Crippen LogP contribution in [0.2, 0.25) is 0 Å². The predicted octanol–water partition coefficient (Wildman–Crippen LogP) is 5.94. The van der Waals surface area contributed by atoms with Crippen molar-refractivity contribution in [3.05, 3.63) is 71.0 Å². The standard InChI is InChI=1S/C27H31NO3/c1-18(23-16-24-19(2)20(3)31-26(24)17-25(23)30-4)14-27(29)28-12-10-22(11-13-28)15-21-8-6-5-7-9-21/h5-9,14,16-17,22H,10-13,15H2,1-4H3/b18-14+. The van der Waals surface area contributed by atoms with E-state index in [1.807, 2.05) is 24.8 Å². The van der Waals surface area contributed by atoms with Gasteiger partial charge in [-0.1, -0.05) is 30.3 Å². The van der Waals surface area contributed by atoms with E-state index in [9.17, 15) is 4.79 Å². The molecule has 0 atom stereocenters. The second-order valence-corrected chi connectivity index (χ2v) is 8.62. The highest BCUT2D eigenvalue weighted by molar-refractivity contribution is 5.97. The summed E-state index contributed by atoms with van der Waals surface area (Å²) in [5.74, 6) is 2.36. The minimum absolute atomic E-state index is 0.0814. The van der Waals surface area contributed by atoms with Crippen molar-refractivity contribution in [2.24, 2.45) is 5.92 Å². The van der Waals surface area contributed by atoms with E-state index < -0.39 is 0 Å². The number of fused-ring (bicyclic) bond motifs is 1. The van der Waals surface area contributed by atoms with E-state index >= 15 is 0 Å². The highest BCUT2D eigenvalue weighted by Gasteiger charge is 2.22. The lowest BCUT2D eigenvalue weighted by atomic mass is 9.90. The Morgan fingerprint density at radius 1 is 1.16 bits per heavy atom. The largest absolute Gasteiger partial charge is 0.496 e. The summed E-state index contributed by atoms with van der Waals surface area (Å²) >= 11 is 0. The molecule has 1 aromatic heterocycles. The highest BCUT2D eigenvalue weighted by atomic mass is 16.5. The maximum atomic E-state index is 13.0. The molecule has 31 heavy (non-hydrogen) atoms. The van der Waals surface area contributed by atoms with Crippen LogP contribution in [0.3, 0.4) is 0 Å². The number of carbonyl (C=O) groups excluding carboxylic acids is 1. The number of ether oxygens (including phenoxy) is 1. The number of furan rings is 1. The van der Waals surface area contributed by atoms with E-state index in [4.69, 9.17) is 9.15 Å². The van der Waals surface area contributed by atoms with Crippen LogP contribution in [-0.2, 0) is 11.2 Å². The zero-order chi connectivity index (χ0) is 22.0. The van der Waals surface area contributed by atoms with Gasteiger partial charge in [0.2, 0.25) is 5.91 Å².